The van der Waals surface area contributed by atoms with E-state index in [1.54, 1.807) is 22.8 Å². The molecule has 0 fully saturated rings. The van der Waals surface area contributed by atoms with E-state index in [9.17, 15) is 9.90 Å². The third-order valence-electron chi connectivity index (χ3n) is 5.07. The summed E-state index contributed by atoms with van der Waals surface area (Å²) >= 11 is 5.32. The number of hydrogen-bond acceptors (Lipinski definition) is 8. The van der Waals surface area contributed by atoms with Gasteiger partial charge in [0.1, 0.15) is 24.2 Å². The fourth-order valence-electron chi connectivity index (χ4n) is 3.36. The summed E-state index contributed by atoms with van der Waals surface area (Å²) in [5, 5.41) is 19.9. The molecule has 0 saturated heterocycles. The third-order valence-corrected chi connectivity index (χ3v) is 5.38. The van der Waals surface area contributed by atoms with Gasteiger partial charge in [0.25, 0.3) is 0 Å². The number of carbonyl (C=O) groups is 1. The first-order valence-corrected chi connectivity index (χ1v) is 11.3. The van der Waals surface area contributed by atoms with Crippen LogP contribution in [0.1, 0.15) is 13.3 Å². The number of carbonyl (C=O) groups excluding carboxylic acids is 1. The Morgan fingerprint density at radius 2 is 1.97 bits per heavy atom. The van der Waals surface area contributed by atoms with Crippen LogP contribution >= 0.6 is 12.2 Å². The maximum atomic E-state index is 12.3. The van der Waals surface area contributed by atoms with Crippen molar-refractivity contribution < 1.29 is 28.8 Å². The van der Waals surface area contributed by atoms with E-state index in [2.05, 4.69) is 15.5 Å². The van der Waals surface area contributed by atoms with E-state index in [0.29, 0.717) is 41.0 Å². The van der Waals surface area contributed by atoms with Crippen molar-refractivity contribution in [1.82, 2.24) is 20.1 Å². The molecule has 1 unspecified atom stereocenters. The highest BCUT2D eigenvalue weighted by Crippen LogP contribution is 2.35. The highest BCUT2D eigenvalue weighted by molar-refractivity contribution is 7.71. The number of aromatic nitrogens is 3. The van der Waals surface area contributed by atoms with Crippen LogP contribution in [0.5, 0.6) is 23.0 Å². The number of aliphatic hydroxyl groups excluding tert-OH is 1. The summed E-state index contributed by atoms with van der Waals surface area (Å²) in [6.07, 6.45) is -0.696. The maximum Gasteiger partial charge on any atom is 0.231 e. The molecule has 180 valence electrons. The third kappa shape index (κ3) is 5.86. The van der Waals surface area contributed by atoms with Gasteiger partial charge in [-0.1, -0.05) is 0 Å². The molecule has 0 spiro atoms. The summed E-state index contributed by atoms with van der Waals surface area (Å²) in [7, 11) is 0. The van der Waals surface area contributed by atoms with Crippen molar-refractivity contribution in [3.63, 3.8) is 0 Å². The number of ether oxygens (including phenoxy) is 4. The van der Waals surface area contributed by atoms with E-state index in [1.807, 2.05) is 31.2 Å². The lowest BCUT2D eigenvalue weighted by atomic mass is 10.2. The summed E-state index contributed by atoms with van der Waals surface area (Å²) < 4.78 is 23.8. The average molecular weight is 487 g/mol. The average Bonchev–Trinajstić information content (AvgIpc) is 3.46. The van der Waals surface area contributed by atoms with Crippen molar-refractivity contribution in [3.8, 4) is 34.4 Å². The smallest absolute Gasteiger partial charge is 0.231 e. The lowest BCUT2D eigenvalue weighted by Crippen LogP contribution is -2.35. The van der Waals surface area contributed by atoms with Crippen molar-refractivity contribution in [2.45, 2.75) is 26.0 Å². The number of nitrogens with zero attached hydrogens (tertiary/aromatic N) is 2. The molecule has 2 heterocycles. The number of nitrogens with one attached hydrogen (secondary N) is 2. The normalized spacial score (nSPS) is 12.9. The zero-order valence-electron chi connectivity index (χ0n) is 18.7. The Morgan fingerprint density at radius 3 is 2.76 bits per heavy atom. The zero-order chi connectivity index (χ0) is 23.9. The van der Waals surface area contributed by atoms with Crippen LogP contribution in [0, 0.1) is 4.77 Å². The molecule has 0 saturated carbocycles. The quantitative estimate of drug-likeness (QED) is 0.354. The molecule has 1 aliphatic rings. The van der Waals surface area contributed by atoms with E-state index in [0.717, 1.165) is 11.3 Å². The van der Waals surface area contributed by atoms with Gasteiger partial charge in [-0.3, -0.25) is 14.5 Å². The number of benzene rings is 2. The number of fused-ring (bicyclic) bond motifs is 1. The molecule has 10 nitrogen and oxygen atoms in total. The van der Waals surface area contributed by atoms with E-state index < -0.39 is 6.10 Å². The monoisotopic (exact) mass is 486 g/mol. The van der Waals surface area contributed by atoms with Gasteiger partial charge in [0.15, 0.2) is 22.1 Å². The summed E-state index contributed by atoms with van der Waals surface area (Å²) in [4.78, 5) is 12.3. The Bertz CT molecular complexity index is 1180. The largest absolute Gasteiger partial charge is 0.494 e. The minimum atomic E-state index is -0.870. The van der Waals surface area contributed by atoms with Gasteiger partial charge >= 0.3 is 0 Å². The molecular weight excluding hydrogens is 460 g/mol. The zero-order valence-corrected chi connectivity index (χ0v) is 19.5. The Morgan fingerprint density at radius 1 is 1.21 bits per heavy atom. The predicted molar refractivity (Wildman–Crippen MR) is 126 cm³/mol. The SMILES string of the molecule is CCOc1ccc(-c2n[nH]c(=S)n2CCC(=O)NCC(O)COc2ccc3c(c2)OCO3)cc1. The van der Waals surface area contributed by atoms with Gasteiger partial charge < -0.3 is 29.4 Å². The molecule has 1 aliphatic heterocycles. The van der Waals surface area contributed by atoms with E-state index in [4.69, 9.17) is 31.2 Å². The highest BCUT2D eigenvalue weighted by Gasteiger charge is 2.15. The number of aliphatic hydroxyl groups is 1. The second kappa shape index (κ2) is 11.0. The lowest BCUT2D eigenvalue weighted by Gasteiger charge is -2.14. The van der Waals surface area contributed by atoms with Gasteiger partial charge in [0.05, 0.1) is 6.61 Å². The van der Waals surface area contributed by atoms with E-state index in [-0.39, 0.29) is 32.3 Å². The number of amides is 1. The standard InChI is InChI=1S/C23H26N4O6S/c1-2-30-17-5-3-15(4-6-17)22-25-26-23(34)27(22)10-9-21(29)24-12-16(28)13-31-18-7-8-19-20(11-18)33-14-32-19/h3-8,11,16,28H,2,9-10,12-14H2,1H3,(H,24,29)(H,26,34). The van der Waals surface area contributed by atoms with Gasteiger partial charge in [-0.15, -0.1) is 0 Å². The first kappa shape index (κ1) is 23.6. The number of H-pyrrole nitrogens is 1. The van der Waals surface area contributed by atoms with Crippen LogP contribution in [0.15, 0.2) is 42.5 Å². The Labute approximate surface area is 201 Å². The first-order chi connectivity index (χ1) is 16.5. The topological polar surface area (TPSA) is 120 Å². The maximum absolute atomic E-state index is 12.3. The van der Waals surface area contributed by atoms with Gasteiger partial charge in [-0.2, -0.15) is 5.10 Å². The Hall–Kier alpha value is -3.57. The summed E-state index contributed by atoms with van der Waals surface area (Å²) in [5.41, 5.74) is 0.854. The lowest BCUT2D eigenvalue weighted by molar-refractivity contribution is -0.121. The van der Waals surface area contributed by atoms with Crippen LogP contribution in [-0.4, -0.2) is 58.4 Å². The van der Waals surface area contributed by atoms with E-state index >= 15 is 0 Å². The molecule has 1 aromatic heterocycles. The molecule has 3 N–H and O–H groups in total. The number of aromatic amines is 1. The molecule has 1 amide bonds. The number of hydrogen-bond donors (Lipinski definition) is 3. The second-order valence-corrected chi connectivity index (χ2v) is 7.88. The molecule has 11 heteroatoms. The number of rotatable bonds is 11. The van der Waals surface area contributed by atoms with Gasteiger partial charge in [0, 0.05) is 31.1 Å². The highest BCUT2D eigenvalue weighted by atomic mass is 32.1. The molecule has 0 radical (unpaired) electrons. The van der Waals surface area contributed by atoms with Crippen LogP contribution in [0.2, 0.25) is 0 Å². The van der Waals surface area contributed by atoms with Crippen LogP contribution in [0.25, 0.3) is 11.4 Å². The van der Waals surface area contributed by atoms with Crippen molar-refractivity contribution in [3.05, 3.63) is 47.2 Å². The first-order valence-electron chi connectivity index (χ1n) is 10.9. The predicted octanol–water partition coefficient (Wildman–Crippen LogP) is 2.68. The minimum Gasteiger partial charge on any atom is -0.494 e. The molecule has 1 atom stereocenters. The molecular formula is C23H26N4O6S. The summed E-state index contributed by atoms with van der Waals surface area (Å²) in [6, 6.07) is 12.7. The second-order valence-electron chi connectivity index (χ2n) is 7.50. The van der Waals surface area contributed by atoms with Gasteiger partial charge in [0.2, 0.25) is 12.7 Å². The van der Waals surface area contributed by atoms with Crippen molar-refractivity contribution >= 4 is 18.1 Å². The molecule has 0 bridgehead atoms. The summed E-state index contributed by atoms with van der Waals surface area (Å²) in [6.45, 7) is 3.12. The van der Waals surface area contributed by atoms with Crippen LogP contribution in [-0.2, 0) is 11.3 Å². The molecule has 2 aromatic carbocycles. The molecule has 0 aliphatic carbocycles. The van der Waals surface area contributed by atoms with Crippen LogP contribution in [0.4, 0.5) is 0 Å². The van der Waals surface area contributed by atoms with Gasteiger partial charge in [-0.25, -0.2) is 0 Å². The molecule has 4 rings (SSSR count). The Kier molecular flexibility index (Phi) is 7.65. The van der Waals surface area contributed by atoms with Crippen LogP contribution in [0.3, 0.4) is 0 Å². The van der Waals surface area contributed by atoms with E-state index in [1.165, 1.54) is 0 Å². The molecule has 3 aromatic rings. The Balaban J connectivity index is 1.24. The van der Waals surface area contributed by atoms with Crippen molar-refractivity contribution in [1.29, 1.82) is 0 Å². The summed E-state index contributed by atoms with van der Waals surface area (Å²) in [5.74, 6) is 2.99. The fourth-order valence-corrected chi connectivity index (χ4v) is 3.59. The fraction of sp³-hybridized carbons (Fsp3) is 0.348. The molecule has 34 heavy (non-hydrogen) atoms. The van der Waals surface area contributed by atoms with Gasteiger partial charge in [-0.05, 0) is 55.5 Å². The van der Waals surface area contributed by atoms with Crippen molar-refractivity contribution in [2.24, 2.45) is 0 Å². The minimum absolute atomic E-state index is 0.0224. The van der Waals surface area contributed by atoms with Crippen LogP contribution < -0.4 is 24.3 Å². The van der Waals surface area contributed by atoms with Crippen molar-refractivity contribution in [2.75, 3.05) is 26.6 Å².